The molecule has 2 bridgehead atoms. The molecule has 3 rings (SSSR count). The van der Waals surface area contributed by atoms with E-state index < -0.39 is 22.9 Å². The molecule has 0 aromatic rings. The second-order valence-electron chi connectivity index (χ2n) is 9.47. The lowest BCUT2D eigenvalue weighted by Gasteiger charge is -2.48. The topological polar surface area (TPSA) is 94.8 Å². The van der Waals surface area contributed by atoms with Crippen molar-refractivity contribution < 1.29 is 24.9 Å². The minimum atomic E-state index is -1.13. The molecule has 3 N–H and O–H groups in total. The van der Waals surface area contributed by atoms with Gasteiger partial charge in [0.2, 0.25) is 0 Å². The minimum absolute atomic E-state index is 0.0435. The zero-order valence-electron chi connectivity index (χ0n) is 16.7. The summed E-state index contributed by atoms with van der Waals surface area (Å²) in [5.41, 5.74) is -1.16. The van der Waals surface area contributed by atoms with Crippen LogP contribution in [-0.4, -0.2) is 40.3 Å². The average Bonchev–Trinajstić information content (AvgIpc) is 3.26. The number of aliphatic hydroxyl groups excluding tert-OH is 2. The van der Waals surface area contributed by atoms with Gasteiger partial charge in [-0.2, -0.15) is 0 Å². The molecular formula is C22H34O5. The summed E-state index contributed by atoms with van der Waals surface area (Å²) >= 11 is 0. The summed E-state index contributed by atoms with van der Waals surface area (Å²) in [5, 5.41) is 30.1. The second kappa shape index (κ2) is 7.32. The number of hydrogen-bond acceptors (Lipinski definition) is 4. The molecule has 152 valence electrons. The summed E-state index contributed by atoms with van der Waals surface area (Å²) in [5.74, 6) is -0.625. The highest BCUT2D eigenvalue weighted by molar-refractivity contribution is 5.88. The van der Waals surface area contributed by atoms with Crippen LogP contribution in [0.2, 0.25) is 0 Å². The molecule has 0 radical (unpaired) electrons. The van der Waals surface area contributed by atoms with Crippen LogP contribution in [0.25, 0.3) is 0 Å². The Balaban J connectivity index is 2.05. The molecule has 0 heterocycles. The quantitative estimate of drug-likeness (QED) is 0.343. The minimum Gasteiger partial charge on any atom is -0.481 e. The van der Waals surface area contributed by atoms with Crippen molar-refractivity contribution in [1.29, 1.82) is 0 Å². The SMILES string of the molecule is CC(C)C1=CC2CC1(C(=O)O)C(C=O)(C1CC(O)C(C)C1CCCCO)C2. The van der Waals surface area contributed by atoms with E-state index in [0.717, 1.165) is 24.7 Å². The van der Waals surface area contributed by atoms with Crippen LogP contribution in [0.15, 0.2) is 11.6 Å². The third-order valence-corrected chi connectivity index (χ3v) is 7.97. The molecule has 3 aliphatic carbocycles. The summed E-state index contributed by atoms with van der Waals surface area (Å²) in [4.78, 5) is 25.3. The third kappa shape index (κ3) is 2.80. The number of aliphatic hydroxyl groups is 2. The predicted molar refractivity (Wildman–Crippen MR) is 102 cm³/mol. The smallest absolute Gasteiger partial charge is 0.314 e. The van der Waals surface area contributed by atoms with Crippen LogP contribution >= 0.6 is 0 Å². The van der Waals surface area contributed by atoms with Gasteiger partial charge < -0.3 is 20.1 Å². The van der Waals surface area contributed by atoms with Crippen LogP contribution in [0.3, 0.4) is 0 Å². The van der Waals surface area contributed by atoms with Gasteiger partial charge in [-0.25, -0.2) is 0 Å². The molecule has 0 aromatic carbocycles. The van der Waals surface area contributed by atoms with Gasteiger partial charge in [0, 0.05) is 12.0 Å². The maximum Gasteiger partial charge on any atom is 0.314 e. The molecule has 0 aromatic heterocycles. The largest absolute Gasteiger partial charge is 0.481 e. The van der Waals surface area contributed by atoms with E-state index in [1.807, 2.05) is 20.8 Å². The van der Waals surface area contributed by atoms with Crippen molar-refractivity contribution in [3.63, 3.8) is 0 Å². The normalized spacial score (nSPS) is 43.3. The van der Waals surface area contributed by atoms with Crippen LogP contribution in [0, 0.1) is 40.4 Å². The molecule has 0 saturated heterocycles. The van der Waals surface area contributed by atoms with Gasteiger partial charge in [0.25, 0.3) is 0 Å². The van der Waals surface area contributed by atoms with Crippen molar-refractivity contribution in [3.05, 3.63) is 11.6 Å². The summed E-state index contributed by atoms with van der Waals surface area (Å²) < 4.78 is 0. The lowest BCUT2D eigenvalue weighted by atomic mass is 9.52. The molecular weight excluding hydrogens is 344 g/mol. The van der Waals surface area contributed by atoms with Gasteiger partial charge in [-0.05, 0) is 61.7 Å². The fourth-order valence-corrected chi connectivity index (χ4v) is 6.81. The van der Waals surface area contributed by atoms with Crippen LogP contribution in [0.1, 0.15) is 59.3 Å². The number of carbonyl (C=O) groups is 2. The van der Waals surface area contributed by atoms with Gasteiger partial charge in [0.05, 0.1) is 6.10 Å². The van der Waals surface area contributed by atoms with Crippen molar-refractivity contribution in [1.82, 2.24) is 0 Å². The second-order valence-corrected chi connectivity index (χ2v) is 9.47. The number of fused-ring (bicyclic) bond motifs is 2. The molecule has 0 spiro atoms. The first-order valence-corrected chi connectivity index (χ1v) is 10.5. The van der Waals surface area contributed by atoms with Gasteiger partial charge in [-0.3, -0.25) is 4.79 Å². The van der Waals surface area contributed by atoms with Crippen molar-refractivity contribution in [3.8, 4) is 0 Å². The Labute approximate surface area is 161 Å². The number of allylic oxidation sites excluding steroid dienone is 1. The summed E-state index contributed by atoms with van der Waals surface area (Å²) in [6.07, 6.45) is 6.50. The van der Waals surface area contributed by atoms with E-state index in [9.17, 15) is 19.8 Å². The van der Waals surface area contributed by atoms with E-state index in [4.69, 9.17) is 5.11 Å². The van der Waals surface area contributed by atoms with Gasteiger partial charge in [0.1, 0.15) is 11.7 Å². The first-order chi connectivity index (χ1) is 12.7. The highest BCUT2D eigenvalue weighted by Crippen LogP contribution is 2.70. The average molecular weight is 379 g/mol. The van der Waals surface area contributed by atoms with Crippen molar-refractivity contribution in [2.24, 2.45) is 40.4 Å². The molecule has 5 heteroatoms. The maximum absolute atomic E-state index is 12.7. The number of hydrogen-bond donors (Lipinski definition) is 3. The van der Waals surface area contributed by atoms with Crippen LogP contribution in [0.5, 0.6) is 0 Å². The zero-order valence-corrected chi connectivity index (χ0v) is 16.7. The fraction of sp³-hybridized carbons (Fsp3) is 0.818. The van der Waals surface area contributed by atoms with Crippen molar-refractivity contribution in [2.45, 2.75) is 65.4 Å². The third-order valence-electron chi connectivity index (χ3n) is 7.97. The van der Waals surface area contributed by atoms with Crippen LogP contribution in [-0.2, 0) is 9.59 Å². The molecule has 27 heavy (non-hydrogen) atoms. The van der Waals surface area contributed by atoms with E-state index in [-0.39, 0.29) is 36.2 Å². The first kappa shape index (κ1) is 20.5. The number of unbranched alkanes of at least 4 members (excludes halogenated alkanes) is 1. The monoisotopic (exact) mass is 378 g/mol. The van der Waals surface area contributed by atoms with E-state index in [0.29, 0.717) is 25.7 Å². The highest BCUT2D eigenvalue weighted by Gasteiger charge is 2.71. The van der Waals surface area contributed by atoms with E-state index in [1.165, 1.54) is 0 Å². The Morgan fingerprint density at radius 2 is 2.04 bits per heavy atom. The van der Waals surface area contributed by atoms with Crippen molar-refractivity contribution in [2.75, 3.05) is 6.61 Å². The highest BCUT2D eigenvalue weighted by atomic mass is 16.4. The number of aliphatic carboxylic acids is 1. The number of carbonyl (C=O) groups excluding carboxylic acids is 1. The van der Waals surface area contributed by atoms with Crippen molar-refractivity contribution >= 4 is 12.3 Å². The summed E-state index contributed by atoms with van der Waals surface area (Å²) in [6, 6.07) is 0. The molecule has 0 aliphatic heterocycles. The summed E-state index contributed by atoms with van der Waals surface area (Å²) in [6.45, 7) is 6.18. The maximum atomic E-state index is 12.7. The number of carboxylic acid groups (broad SMARTS) is 1. The van der Waals surface area contributed by atoms with E-state index >= 15 is 0 Å². The lowest BCUT2D eigenvalue weighted by molar-refractivity contribution is -0.160. The molecule has 7 unspecified atom stereocenters. The van der Waals surface area contributed by atoms with E-state index in [1.54, 1.807) is 0 Å². The zero-order chi connectivity index (χ0) is 20.0. The van der Waals surface area contributed by atoms with Gasteiger partial charge in [-0.15, -0.1) is 0 Å². The molecule has 2 saturated carbocycles. The van der Waals surface area contributed by atoms with Crippen LogP contribution in [0.4, 0.5) is 0 Å². The Kier molecular flexibility index (Phi) is 5.57. The van der Waals surface area contributed by atoms with Gasteiger partial charge in [-0.1, -0.05) is 38.8 Å². The Morgan fingerprint density at radius 3 is 2.59 bits per heavy atom. The van der Waals surface area contributed by atoms with Crippen LogP contribution < -0.4 is 0 Å². The number of rotatable bonds is 8. The molecule has 2 fully saturated rings. The number of aldehydes is 1. The standard InChI is InChI=1S/C22H34O5/c1-13(2)17-8-15-10-21(12-24,22(17,11-15)20(26)27)18-9-19(25)14(3)16(18)6-4-5-7-23/h8,12-16,18-19,23,25H,4-7,9-11H2,1-3H3,(H,26,27). The predicted octanol–water partition coefficient (Wildman–Crippen LogP) is 3.04. The lowest BCUT2D eigenvalue weighted by Crippen LogP contribution is -2.53. The molecule has 0 amide bonds. The molecule has 3 aliphatic rings. The molecule has 5 nitrogen and oxygen atoms in total. The fourth-order valence-electron chi connectivity index (χ4n) is 6.81. The Morgan fingerprint density at radius 1 is 1.33 bits per heavy atom. The number of carboxylic acids is 1. The Hall–Kier alpha value is -1.20. The van der Waals surface area contributed by atoms with Gasteiger partial charge in [0.15, 0.2) is 0 Å². The van der Waals surface area contributed by atoms with E-state index in [2.05, 4.69) is 6.08 Å². The first-order valence-electron chi connectivity index (χ1n) is 10.5. The molecule has 7 atom stereocenters. The Bertz CT molecular complexity index is 626. The van der Waals surface area contributed by atoms with Gasteiger partial charge >= 0.3 is 5.97 Å². The summed E-state index contributed by atoms with van der Waals surface area (Å²) in [7, 11) is 0.